The van der Waals surface area contributed by atoms with Crippen molar-refractivity contribution in [1.29, 1.82) is 0 Å². The van der Waals surface area contributed by atoms with Crippen molar-refractivity contribution in [1.82, 2.24) is 0 Å². The maximum Gasteiger partial charge on any atom is 0.318 e. The topological polar surface area (TPSA) is 59.7 Å². The van der Waals surface area contributed by atoms with Gasteiger partial charge in [-0.05, 0) is 12.1 Å². The molecule has 0 fully saturated rings. The number of fused-ring (bicyclic) bond motifs is 1. The van der Waals surface area contributed by atoms with Crippen molar-refractivity contribution in [3.05, 3.63) is 36.1 Å². The number of hydrogen-bond acceptors (Lipinski definition) is 4. The van der Waals surface area contributed by atoms with E-state index in [4.69, 9.17) is 9.52 Å². The molecule has 1 unspecified atom stereocenters. The minimum atomic E-state index is -0.752. The summed E-state index contributed by atoms with van der Waals surface area (Å²) in [7, 11) is 1.29. The molecule has 0 spiro atoms. The van der Waals surface area contributed by atoms with E-state index in [0.29, 0.717) is 11.3 Å². The fourth-order valence-electron chi connectivity index (χ4n) is 1.60. The smallest absolute Gasteiger partial charge is 0.318 e. The Morgan fingerprint density at radius 2 is 2.25 bits per heavy atom. The number of esters is 1. The summed E-state index contributed by atoms with van der Waals surface area (Å²) in [5.41, 5.74) is 0.694. The first-order valence-corrected chi connectivity index (χ1v) is 4.93. The predicted octanol–water partition coefficient (Wildman–Crippen LogP) is 1.68. The summed E-state index contributed by atoms with van der Waals surface area (Å²) in [4.78, 5) is 11.4. The Labute approximate surface area is 92.4 Å². The third-order valence-electron chi connectivity index (χ3n) is 2.46. The van der Waals surface area contributed by atoms with Crippen LogP contribution in [0.3, 0.4) is 0 Å². The van der Waals surface area contributed by atoms with Crippen LogP contribution < -0.4 is 0 Å². The number of aliphatic hydroxyl groups excluding tert-OH is 1. The number of benzene rings is 1. The average Bonchev–Trinajstić information content (AvgIpc) is 2.72. The van der Waals surface area contributed by atoms with Crippen LogP contribution in [-0.4, -0.2) is 24.8 Å². The van der Waals surface area contributed by atoms with Gasteiger partial charge in [0.25, 0.3) is 0 Å². The van der Waals surface area contributed by atoms with Crippen molar-refractivity contribution in [2.24, 2.45) is 0 Å². The highest BCUT2D eigenvalue weighted by molar-refractivity contribution is 5.82. The maximum atomic E-state index is 11.4. The summed E-state index contributed by atoms with van der Waals surface area (Å²) < 4.78 is 10.1. The van der Waals surface area contributed by atoms with Crippen molar-refractivity contribution in [2.75, 3.05) is 13.7 Å². The number of ether oxygens (including phenoxy) is 1. The molecule has 2 aromatic rings. The van der Waals surface area contributed by atoms with E-state index in [1.54, 1.807) is 6.07 Å². The zero-order valence-corrected chi connectivity index (χ0v) is 8.84. The lowest BCUT2D eigenvalue weighted by Gasteiger charge is -2.07. The fraction of sp³-hybridized carbons (Fsp3) is 0.250. The second kappa shape index (κ2) is 4.37. The molecule has 0 aliphatic heterocycles. The number of hydrogen-bond donors (Lipinski definition) is 1. The Balaban J connectivity index is 2.41. The molecule has 0 aliphatic carbocycles. The van der Waals surface area contributed by atoms with Crippen LogP contribution in [0.4, 0.5) is 0 Å². The number of methoxy groups -OCH3 is 1. The Morgan fingerprint density at radius 1 is 1.50 bits per heavy atom. The van der Waals surface area contributed by atoms with Crippen molar-refractivity contribution in [3.63, 3.8) is 0 Å². The minimum absolute atomic E-state index is 0.327. The van der Waals surface area contributed by atoms with Crippen molar-refractivity contribution in [2.45, 2.75) is 5.92 Å². The Kier molecular flexibility index (Phi) is 2.92. The van der Waals surface area contributed by atoms with Crippen molar-refractivity contribution >= 4 is 16.9 Å². The molecule has 4 nitrogen and oxygen atoms in total. The molecule has 1 aromatic carbocycles. The van der Waals surface area contributed by atoms with Crippen LogP contribution in [-0.2, 0) is 9.53 Å². The van der Waals surface area contributed by atoms with Crippen LogP contribution >= 0.6 is 0 Å². The summed E-state index contributed by atoms with van der Waals surface area (Å²) >= 11 is 0. The minimum Gasteiger partial charge on any atom is -0.468 e. The molecule has 0 amide bonds. The van der Waals surface area contributed by atoms with Gasteiger partial charge < -0.3 is 14.3 Å². The van der Waals surface area contributed by atoms with Crippen LogP contribution in [0.2, 0.25) is 0 Å². The number of aliphatic hydroxyl groups is 1. The van der Waals surface area contributed by atoms with E-state index in [1.807, 2.05) is 24.3 Å². The highest BCUT2D eigenvalue weighted by Crippen LogP contribution is 2.25. The van der Waals surface area contributed by atoms with E-state index in [1.165, 1.54) is 7.11 Å². The van der Waals surface area contributed by atoms with E-state index >= 15 is 0 Å². The monoisotopic (exact) mass is 220 g/mol. The van der Waals surface area contributed by atoms with Gasteiger partial charge in [0.15, 0.2) is 0 Å². The van der Waals surface area contributed by atoms with E-state index in [2.05, 4.69) is 4.74 Å². The van der Waals surface area contributed by atoms with E-state index in [0.717, 1.165) is 5.39 Å². The van der Waals surface area contributed by atoms with Crippen LogP contribution in [0, 0.1) is 0 Å². The molecule has 0 radical (unpaired) electrons. The van der Waals surface area contributed by atoms with Crippen LogP contribution in [0.1, 0.15) is 11.7 Å². The lowest BCUT2D eigenvalue weighted by Crippen LogP contribution is -2.17. The van der Waals surface area contributed by atoms with Gasteiger partial charge in [-0.3, -0.25) is 4.79 Å². The largest absolute Gasteiger partial charge is 0.468 e. The first-order chi connectivity index (χ1) is 7.76. The molecule has 1 atom stereocenters. The summed E-state index contributed by atoms with van der Waals surface area (Å²) in [6, 6.07) is 9.17. The van der Waals surface area contributed by atoms with Gasteiger partial charge in [-0.15, -0.1) is 0 Å². The van der Waals surface area contributed by atoms with Crippen molar-refractivity contribution < 1.29 is 19.1 Å². The van der Waals surface area contributed by atoms with E-state index < -0.39 is 11.9 Å². The second-order valence-corrected chi connectivity index (χ2v) is 3.44. The molecular formula is C12H12O4. The Bertz CT molecular complexity index is 467. The Morgan fingerprint density at radius 3 is 2.88 bits per heavy atom. The SMILES string of the molecule is COC(=O)C(CO)c1cc2ccccc2o1. The van der Waals surface area contributed by atoms with Crippen LogP contribution in [0.5, 0.6) is 0 Å². The molecular weight excluding hydrogens is 208 g/mol. The number of carbonyl (C=O) groups is 1. The highest BCUT2D eigenvalue weighted by Gasteiger charge is 2.24. The lowest BCUT2D eigenvalue weighted by atomic mass is 10.1. The van der Waals surface area contributed by atoms with Gasteiger partial charge in [-0.25, -0.2) is 0 Å². The normalized spacial score (nSPS) is 12.6. The van der Waals surface area contributed by atoms with Gasteiger partial charge in [0, 0.05) is 5.39 Å². The van der Waals surface area contributed by atoms with Gasteiger partial charge in [0.05, 0.1) is 13.7 Å². The number of carbonyl (C=O) groups excluding carboxylic acids is 1. The average molecular weight is 220 g/mol. The van der Waals surface area contributed by atoms with Gasteiger partial charge in [-0.1, -0.05) is 18.2 Å². The molecule has 0 aliphatic rings. The van der Waals surface area contributed by atoms with Gasteiger partial charge in [0.2, 0.25) is 0 Å². The zero-order valence-electron chi connectivity index (χ0n) is 8.84. The first kappa shape index (κ1) is 10.7. The van der Waals surface area contributed by atoms with Gasteiger partial charge >= 0.3 is 5.97 Å². The molecule has 84 valence electrons. The second-order valence-electron chi connectivity index (χ2n) is 3.44. The molecule has 0 saturated carbocycles. The molecule has 1 N–H and O–H groups in total. The third kappa shape index (κ3) is 1.79. The maximum absolute atomic E-state index is 11.4. The van der Waals surface area contributed by atoms with Crippen molar-refractivity contribution in [3.8, 4) is 0 Å². The van der Waals surface area contributed by atoms with Crippen LogP contribution in [0.25, 0.3) is 11.0 Å². The summed E-state index contributed by atoms with van der Waals surface area (Å²) in [6.07, 6.45) is 0. The summed E-state index contributed by atoms with van der Waals surface area (Å²) in [5, 5.41) is 10.0. The standard InChI is InChI=1S/C12H12O4/c1-15-12(14)9(7-13)11-6-8-4-2-3-5-10(8)16-11/h2-6,9,13H,7H2,1H3. The van der Waals surface area contributed by atoms with Gasteiger partial charge in [0.1, 0.15) is 17.3 Å². The number of para-hydroxylation sites is 1. The zero-order chi connectivity index (χ0) is 11.5. The molecule has 1 aromatic heterocycles. The lowest BCUT2D eigenvalue weighted by molar-refractivity contribution is -0.143. The fourth-order valence-corrected chi connectivity index (χ4v) is 1.60. The third-order valence-corrected chi connectivity index (χ3v) is 2.46. The molecule has 1 heterocycles. The predicted molar refractivity (Wildman–Crippen MR) is 58.1 cm³/mol. The summed E-state index contributed by atoms with van der Waals surface area (Å²) in [6.45, 7) is -0.327. The molecule has 0 saturated heterocycles. The molecule has 2 rings (SSSR count). The highest BCUT2D eigenvalue weighted by atomic mass is 16.5. The molecule has 4 heteroatoms. The van der Waals surface area contributed by atoms with Gasteiger partial charge in [-0.2, -0.15) is 0 Å². The quantitative estimate of drug-likeness (QED) is 0.799. The Hall–Kier alpha value is -1.81. The molecule has 0 bridgehead atoms. The van der Waals surface area contributed by atoms with Crippen LogP contribution in [0.15, 0.2) is 34.7 Å². The number of furan rings is 1. The van der Waals surface area contributed by atoms with E-state index in [-0.39, 0.29) is 6.61 Å². The van der Waals surface area contributed by atoms with E-state index in [9.17, 15) is 4.79 Å². The number of rotatable bonds is 3. The molecule has 16 heavy (non-hydrogen) atoms. The summed E-state index contributed by atoms with van der Waals surface area (Å²) in [5.74, 6) is -0.825. The first-order valence-electron chi connectivity index (χ1n) is 4.93.